The van der Waals surface area contributed by atoms with Crippen LogP contribution in [0.15, 0.2) is 30.7 Å². The van der Waals surface area contributed by atoms with E-state index in [2.05, 4.69) is 65.0 Å². The van der Waals surface area contributed by atoms with E-state index in [1.54, 1.807) is 6.33 Å². The number of piperidine rings is 1. The van der Waals surface area contributed by atoms with Gasteiger partial charge in [0.15, 0.2) is 5.65 Å². The summed E-state index contributed by atoms with van der Waals surface area (Å²) in [5.74, 6) is 0.780. The Morgan fingerprint density at radius 2 is 2.06 bits per heavy atom. The molecule has 4 aromatic heterocycles. The van der Waals surface area contributed by atoms with Gasteiger partial charge in [0.25, 0.3) is 0 Å². The van der Waals surface area contributed by atoms with Crippen LogP contribution in [0, 0.1) is 18.3 Å². The van der Waals surface area contributed by atoms with E-state index in [1.807, 2.05) is 10.7 Å². The standard InChI is InChI=1S/C24H27N7/c1-15(2)21-22(18-12-16(3)24-26-14-27-31(24)13-18)29-20-5-4-19(28-23(20)21)17-6-9-30(10-7-17)11-8-25/h4-5,12-15,17,29H,6-7,9-11H2,1-3H3. The molecule has 7 heteroatoms. The summed E-state index contributed by atoms with van der Waals surface area (Å²) in [5, 5.41) is 13.3. The first-order chi connectivity index (χ1) is 15.0. The monoisotopic (exact) mass is 413 g/mol. The number of rotatable bonds is 4. The van der Waals surface area contributed by atoms with Gasteiger partial charge >= 0.3 is 0 Å². The Morgan fingerprint density at radius 3 is 2.81 bits per heavy atom. The third-order valence-electron chi connectivity index (χ3n) is 6.43. The van der Waals surface area contributed by atoms with E-state index in [0.717, 1.165) is 59.4 Å². The number of aromatic amines is 1. The van der Waals surface area contributed by atoms with Crippen molar-refractivity contribution < 1.29 is 0 Å². The molecule has 158 valence electrons. The Bertz CT molecular complexity index is 1280. The minimum atomic E-state index is 0.329. The molecule has 1 aliphatic rings. The molecule has 5 heterocycles. The van der Waals surface area contributed by atoms with Crippen molar-refractivity contribution >= 4 is 16.7 Å². The Hall–Kier alpha value is -3.24. The fourth-order valence-corrected chi connectivity index (χ4v) is 4.84. The summed E-state index contributed by atoms with van der Waals surface area (Å²) in [6.07, 6.45) is 5.74. The molecule has 0 spiro atoms. The molecule has 1 fully saturated rings. The number of aryl methyl sites for hydroxylation is 1. The molecule has 0 bridgehead atoms. The number of H-pyrrole nitrogens is 1. The molecule has 1 saturated heterocycles. The molecule has 0 aromatic carbocycles. The maximum absolute atomic E-state index is 8.95. The third-order valence-corrected chi connectivity index (χ3v) is 6.43. The first kappa shape index (κ1) is 19.7. The number of nitrogens with zero attached hydrogens (tertiary/aromatic N) is 6. The van der Waals surface area contributed by atoms with Crippen molar-refractivity contribution in [1.82, 2.24) is 29.5 Å². The zero-order valence-electron chi connectivity index (χ0n) is 18.3. The van der Waals surface area contributed by atoms with Gasteiger partial charge in [-0.2, -0.15) is 10.4 Å². The van der Waals surface area contributed by atoms with Crippen LogP contribution in [-0.4, -0.2) is 49.1 Å². The van der Waals surface area contributed by atoms with E-state index in [4.69, 9.17) is 10.2 Å². The van der Waals surface area contributed by atoms with Gasteiger partial charge in [0, 0.05) is 28.9 Å². The van der Waals surface area contributed by atoms with Crippen molar-refractivity contribution in [1.29, 1.82) is 5.26 Å². The van der Waals surface area contributed by atoms with Gasteiger partial charge < -0.3 is 4.98 Å². The molecule has 0 unspecified atom stereocenters. The van der Waals surface area contributed by atoms with E-state index in [0.29, 0.717) is 18.4 Å². The lowest BCUT2D eigenvalue weighted by Crippen LogP contribution is -2.33. The van der Waals surface area contributed by atoms with Crippen molar-refractivity contribution in [2.75, 3.05) is 19.6 Å². The van der Waals surface area contributed by atoms with Gasteiger partial charge in [-0.15, -0.1) is 0 Å². The summed E-state index contributed by atoms with van der Waals surface area (Å²) in [5.41, 5.74) is 8.74. The maximum atomic E-state index is 8.95. The number of hydrogen-bond donors (Lipinski definition) is 1. The fourth-order valence-electron chi connectivity index (χ4n) is 4.84. The molecule has 0 amide bonds. The average Bonchev–Trinajstić information content (AvgIpc) is 3.39. The number of pyridine rings is 2. The van der Waals surface area contributed by atoms with Crippen LogP contribution in [-0.2, 0) is 0 Å². The number of nitrogens with one attached hydrogen (secondary N) is 1. The van der Waals surface area contributed by atoms with Gasteiger partial charge in [-0.1, -0.05) is 13.8 Å². The fraction of sp³-hybridized carbons (Fsp3) is 0.417. The third kappa shape index (κ3) is 3.47. The molecule has 0 radical (unpaired) electrons. The number of fused-ring (bicyclic) bond motifs is 2. The molecular weight excluding hydrogens is 386 g/mol. The first-order valence-corrected chi connectivity index (χ1v) is 11.0. The number of hydrogen-bond acceptors (Lipinski definition) is 5. The summed E-state index contributed by atoms with van der Waals surface area (Å²) in [6, 6.07) is 8.78. The van der Waals surface area contributed by atoms with Crippen LogP contribution in [0.4, 0.5) is 0 Å². The van der Waals surface area contributed by atoms with E-state index in [9.17, 15) is 0 Å². The smallest absolute Gasteiger partial charge is 0.158 e. The highest BCUT2D eigenvalue weighted by Crippen LogP contribution is 2.36. The van der Waals surface area contributed by atoms with Crippen LogP contribution in [0.3, 0.4) is 0 Å². The largest absolute Gasteiger partial charge is 0.353 e. The van der Waals surface area contributed by atoms with E-state index in [1.165, 1.54) is 11.3 Å². The molecular formula is C24H27N7. The van der Waals surface area contributed by atoms with Crippen LogP contribution in [0.2, 0.25) is 0 Å². The predicted octanol–water partition coefficient (Wildman–Crippen LogP) is 4.41. The number of nitriles is 1. The summed E-state index contributed by atoms with van der Waals surface area (Å²) in [7, 11) is 0. The summed E-state index contributed by atoms with van der Waals surface area (Å²) in [6.45, 7) is 8.96. The van der Waals surface area contributed by atoms with Crippen molar-refractivity contribution in [3.63, 3.8) is 0 Å². The Labute approximate surface area is 181 Å². The number of likely N-dealkylation sites (tertiary alicyclic amines) is 1. The van der Waals surface area contributed by atoms with Gasteiger partial charge in [-0.05, 0) is 62.5 Å². The highest BCUT2D eigenvalue weighted by molar-refractivity contribution is 5.88. The number of aromatic nitrogens is 5. The van der Waals surface area contributed by atoms with Gasteiger partial charge in [-0.3, -0.25) is 9.88 Å². The van der Waals surface area contributed by atoms with Gasteiger partial charge in [0.05, 0.1) is 29.3 Å². The second-order valence-electron chi connectivity index (χ2n) is 8.85. The minimum absolute atomic E-state index is 0.329. The molecule has 5 rings (SSSR count). The Kier molecular flexibility index (Phi) is 4.95. The lowest BCUT2D eigenvalue weighted by atomic mass is 9.92. The summed E-state index contributed by atoms with van der Waals surface area (Å²) >= 11 is 0. The van der Waals surface area contributed by atoms with Gasteiger partial charge in [-0.25, -0.2) is 9.50 Å². The highest BCUT2D eigenvalue weighted by atomic mass is 15.3. The van der Waals surface area contributed by atoms with Gasteiger partial charge in [0.1, 0.15) is 6.33 Å². The topological polar surface area (TPSA) is 85.9 Å². The summed E-state index contributed by atoms with van der Waals surface area (Å²) in [4.78, 5) is 15.4. The van der Waals surface area contributed by atoms with Crippen molar-refractivity contribution in [2.24, 2.45) is 0 Å². The van der Waals surface area contributed by atoms with Crippen molar-refractivity contribution in [3.05, 3.63) is 47.5 Å². The lowest BCUT2D eigenvalue weighted by Gasteiger charge is -2.29. The molecule has 0 aliphatic carbocycles. The molecule has 31 heavy (non-hydrogen) atoms. The van der Waals surface area contributed by atoms with E-state index >= 15 is 0 Å². The molecule has 0 atom stereocenters. The normalized spacial score (nSPS) is 15.8. The second kappa shape index (κ2) is 7.78. The zero-order valence-corrected chi connectivity index (χ0v) is 18.3. The average molecular weight is 414 g/mol. The second-order valence-corrected chi connectivity index (χ2v) is 8.85. The molecule has 1 N–H and O–H groups in total. The minimum Gasteiger partial charge on any atom is -0.353 e. The maximum Gasteiger partial charge on any atom is 0.158 e. The first-order valence-electron chi connectivity index (χ1n) is 11.0. The van der Waals surface area contributed by atoms with Crippen molar-refractivity contribution in [2.45, 2.75) is 45.4 Å². The highest BCUT2D eigenvalue weighted by Gasteiger charge is 2.24. The molecule has 7 nitrogen and oxygen atoms in total. The lowest BCUT2D eigenvalue weighted by molar-refractivity contribution is 0.233. The molecule has 4 aromatic rings. The van der Waals surface area contributed by atoms with Crippen molar-refractivity contribution in [3.8, 4) is 17.3 Å². The van der Waals surface area contributed by atoms with E-state index in [-0.39, 0.29) is 0 Å². The van der Waals surface area contributed by atoms with Crippen LogP contribution in [0.5, 0.6) is 0 Å². The molecule has 0 saturated carbocycles. The van der Waals surface area contributed by atoms with E-state index < -0.39 is 0 Å². The van der Waals surface area contributed by atoms with Crippen LogP contribution >= 0.6 is 0 Å². The quantitative estimate of drug-likeness (QED) is 0.501. The SMILES string of the molecule is Cc1cc(-c2[nH]c3ccc(C4CCN(CC#N)CC4)nc3c2C(C)C)cn2ncnc12. The summed E-state index contributed by atoms with van der Waals surface area (Å²) < 4.78 is 1.84. The van der Waals surface area contributed by atoms with Gasteiger partial charge in [0.2, 0.25) is 0 Å². The molecule has 1 aliphatic heterocycles. The predicted molar refractivity (Wildman–Crippen MR) is 121 cm³/mol. The van der Waals surface area contributed by atoms with Crippen LogP contribution in [0.1, 0.15) is 55.3 Å². The van der Waals surface area contributed by atoms with Crippen LogP contribution < -0.4 is 0 Å². The Balaban J connectivity index is 1.56. The van der Waals surface area contributed by atoms with Crippen LogP contribution in [0.25, 0.3) is 27.9 Å². The Morgan fingerprint density at radius 1 is 1.26 bits per heavy atom. The zero-order chi connectivity index (χ0) is 21.5.